The monoisotopic (exact) mass is 586 g/mol. The van der Waals surface area contributed by atoms with Gasteiger partial charge in [0.25, 0.3) is 5.56 Å². The Labute approximate surface area is 214 Å². The first-order chi connectivity index (χ1) is 17.5. The molecule has 8 N–H and O–H groups in total. The number of aliphatic hydroxyl groups excluding tert-OH is 2. The molecule has 21 heteroatoms. The molecule has 2 aromatic rings. The van der Waals surface area contributed by atoms with Crippen molar-refractivity contribution in [3.8, 4) is 0 Å². The number of H-pyrrole nitrogens is 1. The summed E-state index contributed by atoms with van der Waals surface area (Å²) >= 11 is 0. The molecular weight excluding hydrogens is 558 g/mol. The molecule has 0 spiro atoms. The lowest BCUT2D eigenvalue weighted by molar-refractivity contribution is -0.0504. The Bertz CT molecular complexity index is 1310. The lowest BCUT2D eigenvalue weighted by Gasteiger charge is -2.20. The van der Waals surface area contributed by atoms with Crippen LogP contribution in [0.25, 0.3) is 11.2 Å². The molecular formula is C17H28N6O13P2. The molecule has 1 aliphatic rings. The summed E-state index contributed by atoms with van der Waals surface area (Å²) in [4.78, 5) is 53.0. The summed E-state index contributed by atoms with van der Waals surface area (Å²) in [7, 11) is -10.4. The van der Waals surface area contributed by atoms with Gasteiger partial charge in [-0.25, -0.2) is 18.9 Å². The van der Waals surface area contributed by atoms with Gasteiger partial charge in [0.15, 0.2) is 17.4 Å². The van der Waals surface area contributed by atoms with Gasteiger partial charge >= 0.3 is 21.7 Å². The number of phosphoric ester groups is 2. The molecule has 0 aromatic carbocycles. The van der Waals surface area contributed by atoms with Crippen LogP contribution >= 0.6 is 15.6 Å². The van der Waals surface area contributed by atoms with Crippen molar-refractivity contribution in [3.63, 3.8) is 0 Å². The second kappa shape index (κ2) is 11.4. The number of hydrogen-bond donors (Lipinski definition) is 7. The molecule has 3 rings (SSSR count). The third kappa shape index (κ3) is 7.79. The molecule has 2 unspecified atom stereocenters. The number of imidazole rings is 1. The van der Waals surface area contributed by atoms with E-state index in [-0.39, 0.29) is 23.7 Å². The van der Waals surface area contributed by atoms with Crippen molar-refractivity contribution in [2.24, 2.45) is 0 Å². The van der Waals surface area contributed by atoms with Crippen LogP contribution in [0.5, 0.6) is 0 Å². The number of aromatic amines is 1. The Morgan fingerprint density at radius 3 is 2.55 bits per heavy atom. The lowest BCUT2D eigenvalue weighted by Crippen LogP contribution is -2.34. The van der Waals surface area contributed by atoms with E-state index in [0.717, 1.165) is 10.9 Å². The van der Waals surface area contributed by atoms with Crippen LogP contribution in [0.2, 0.25) is 0 Å². The van der Waals surface area contributed by atoms with Gasteiger partial charge in [-0.15, -0.1) is 0 Å². The van der Waals surface area contributed by atoms with E-state index in [4.69, 9.17) is 15.2 Å². The highest BCUT2D eigenvalue weighted by atomic mass is 31.3. The topological polar surface area (TPSA) is 280 Å². The van der Waals surface area contributed by atoms with Gasteiger partial charge in [0, 0.05) is 6.54 Å². The highest BCUT2D eigenvalue weighted by molar-refractivity contribution is 7.61. The fourth-order valence-electron chi connectivity index (χ4n) is 3.20. The predicted molar refractivity (Wildman–Crippen MR) is 125 cm³/mol. The number of carbonyl (C=O) groups excluding carboxylic acids is 1. The van der Waals surface area contributed by atoms with Crippen molar-refractivity contribution in [2.75, 3.05) is 25.5 Å². The third-order valence-corrected chi connectivity index (χ3v) is 7.33. The summed E-state index contributed by atoms with van der Waals surface area (Å²) in [6.07, 6.45) is -5.82. The number of phosphoric acid groups is 2. The van der Waals surface area contributed by atoms with Gasteiger partial charge in [-0.05, 0) is 20.8 Å². The van der Waals surface area contributed by atoms with Crippen LogP contribution in [0.15, 0.2) is 11.1 Å². The van der Waals surface area contributed by atoms with Crippen LogP contribution in [0.1, 0.15) is 27.0 Å². The number of nitrogens with zero attached hydrogens (tertiary/aromatic N) is 3. The van der Waals surface area contributed by atoms with Crippen molar-refractivity contribution in [1.29, 1.82) is 0 Å². The summed E-state index contributed by atoms with van der Waals surface area (Å²) < 4.78 is 49.0. The van der Waals surface area contributed by atoms with Gasteiger partial charge in [-0.3, -0.25) is 23.4 Å². The first kappa shape index (κ1) is 30.1. The van der Waals surface area contributed by atoms with E-state index in [2.05, 4.69) is 33.6 Å². The number of ether oxygens (including phenoxy) is 2. The Hall–Kier alpha value is -2.44. The SMILES string of the molecule is CC(C)(C)OC(=O)NCCOP(=O)(O)OP(=O)(O)OC[C@H]1O[C@@H](n2cnc3c(=O)[nH]c(N)nc32)[C@H](O)[C@@H]1O. The zero-order valence-electron chi connectivity index (χ0n) is 20.3. The molecule has 0 aliphatic carbocycles. The van der Waals surface area contributed by atoms with Crippen molar-refractivity contribution in [1.82, 2.24) is 24.8 Å². The Kier molecular flexibility index (Phi) is 8.99. The van der Waals surface area contributed by atoms with Gasteiger partial charge < -0.3 is 40.5 Å². The fraction of sp³-hybridized carbons (Fsp3) is 0.647. The highest BCUT2D eigenvalue weighted by Crippen LogP contribution is 2.60. The Morgan fingerprint density at radius 1 is 1.24 bits per heavy atom. The van der Waals surface area contributed by atoms with E-state index >= 15 is 0 Å². The van der Waals surface area contributed by atoms with E-state index in [9.17, 15) is 38.7 Å². The van der Waals surface area contributed by atoms with Gasteiger partial charge in [0.1, 0.15) is 23.9 Å². The number of nitrogens with one attached hydrogen (secondary N) is 2. The Morgan fingerprint density at radius 2 is 1.89 bits per heavy atom. The zero-order chi connectivity index (χ0) is 28.5. The number of aromatic nitrogens is 4. The molecule has 2 aromatic heterocycles. The second-order valence-corrected chi connectivity index (χ2v) is 11.9. The number of rotatable bonds is 10. The minimum absolute atomic E-state index is 0.0697. The van der Waals surface area contributed by atoms with Gasteiger partial charge in [-0.1, -0.05) is 0 Å². The summed E-state index contributed by atoms with van der Waals surface area (Å²) in [6, 6.07) is 0. The molecule has 0 bridgehead atoms. The first-order valence-electron chi connectivity index (χ1n) is 10.8. The van der Waals surface area contributed by atoms with E-state index in [0.29, 0.717) is 0 Å². The van der Waals surface area contributed by atoms with Crippen molar-refractivity contribution >= 4 is 38.9 Å². The van der Waals surface area contributed by atoms with Crippen LogP contribution in [-0.4, -0.2) is 89.3 Å². The average Bonchev–Trinajstić information content (AvgIpc) is 3.29. The summed E-state index contributed by atoms with van der Waals surface area (Å²) in [5.41, 5.74) is 3.90. The average molecular weight is 586 g/mol. The highest BCUT2D eigenvalue weighted by Gasteiger charge is 2.46. The standard InChI is InChI=1S/C17H28N6O13P2/c1-17(2,3)35-16(27)19-4-5-32-37(28,29)36-38(30,31)33-6-8-10(24)11(25)14(34-8)23-7-20-9-12(23)21-15(18)22-13(9)26/h7-8,10-11,14,24-25H,4-6H2,1-3H3,(H,19,27)(H,28,29)(H,30,31)(H3,18,21,22,26)/t8-,10-,11-,14-/m1/s1. The normalized spacial score (nSPS) is 25.1. The summed E-state index contributed by atoms with van der Waals surface area (Å²) in [6.45, 7) is 3.11. The van der Waals surface area contributed by atoms with Crippen molar-refractivity contribution < 1.29 is 56.8 Å². The lowest BCUT2D eigenvalue weighted by atomic mass is 10.1. The number of alkyl carbamates (subject to hydrolysis) is 1. The van der Waals surface area contributed by atoms with E-state index in [1.807, 2.05) is 0 Å². The molecule has 1 amide bonds. The second-order valence-electron chi connectivity index (χ2n) is 8.90. The maximum atomic E-state index is 12.2. The van der Waals surface area contributed by atoms with Crippen LogP contribution in [0.3, 0.4) is 0 Å². The van der Waals surface area contributed by atoms with Gasteiger partial charge in [0.2, 0.25) is 5.95 Å². The first-order valence-corrected chi connectivity index (χ1v) is 13.8. The fourth-order valence-corrected chi connectivity index (χ4v) is 5.28. The summed E-state index contributed by atoms with van der Waals surface area (Å²) in [5.74, 6) is -0.244. The maximum absolute atomic E-state index is 12.2. The quantitative estimate of drug-likeness (QED) is 0.131. The molecule has 38 heavy (non-hydrogen) atoms. The number of nitrogen functional groups attached to an aromatic ring is 1. The van der Waals surface area contributed by atoms with Gasteiger partial charge in [-0.2, -0.15) is 9.29 Å². The number of nitrogens with two attached hydrogens (primary N) is 1. The number of aliphatic hydroxyl groups is 2. The number of carbonyl (C=O) groups is 1. The van der Waals surface area contributed by atoms with Crippen molar-refractivity contribution in [3.05, 3.63) is 16.7 Å². The predicted octanol–water partition coefficient (Wildman–Crippen LogP) is -0.904. The molecule has 1 fully saturated rings. The van der Waals surface area contributed by atoms with E-state index in [1.165, 1.54) is 0 Å². The van der Waals surface area contributed by atoms with Crippen LogP contribution in [0, 0.1) is 0 Å². The molecule has 3 heterocycles. The zero-order valence-corrected chi connectivity index (χ0v) is 22.1. The van der Waals surface area contributed by atoms with E-state index in [1.54, 1.807) is 20.8 Å². The molecule has 1 saturated heterocycles. The minimum atomic E-state index is -5.26. The smallest absolute Gasteiger partial charge is 0.444 e. The maximum Gasteiger partial charge on any atom is 0.481 e. The number of anilines is 1. The van der Waals surface area contributed by atoms with Crippen molar-refractivity contribution in [2.45, 2.75) is 50.9 Å². The third-order valence-electron chi connectivity index (χ3n) is 4.70. The minimum Gasteiger partial charge on any atom is -0.444 e. The van der Waals surface area contributed by atoms with Crippen LogP contribution in [-0.2, 0) is 32.0 Å². The number of amides is 1. The largest absolute Gasteiger partial charge is 0.481 e. The molecule has 1 aliphatic heterocycles. The van der Waals surface area contributed by atoms with E-state index < -0.39 is 70.7 Å². The number of fused-ring (bicyclic) bond motifs is 1. The van der Waals surface area contributed by atoms with Crippen LogP contribution < -0.4 is 16.6 Å². The summed E-state index contributed by atoms with van der Waals surface area (Å²) in [5, 5.41) is 23.0. The molecule has 0 radical (unpaired) electrons. The molecule has 19 nitrogen and oxygen atoms in total. The molecule has 0 saturated carbocycles. The van der Waals surface area contributed by atoms with Gasteiger partial charge in [0.05, 0.1) is 19.5 Å². The number of hydrogen-bond acceptors (Lipinski definition) is 14. The Balaban J connectivity index is 1.54. The molecule has 214 valence electrons. The van der Waals surface area contributed by atoms with Crippen LogP contribution in [0.4, 0.5) is 10.7 Å². The molecule has 6 atom stereocenters.